The Bertz CT molecular complexity index is 1970. The molecule has 0 aliphatic heterocycles. The molecule has 0 bridgehead atoms. The van der Waals surface area contributed by atoms with Gasteiger partial charge in [0.25, 0.3) is 0 Å². The molecule has 0 aromatic heterocycles. The first-order valence-corrected chi connectivity index (χ1v) is 42.2. The highest BCUT2D eigenvalue weighted by Crippen LogP contribution is 2.45. The van der Waals surface area contributed by atoms with E-state index >= 15 is 0 Å². The maximum atomic E-state index is 13.1. The number of hydrogen-bond acceptors (Lipinski definition) is 15. The lowest BCUT2D eigenvalue weighted by Gasteiger charge is -2.21. The Morgan fingerprint density at radius 2 is 0.479 bits per heavy atom. The number of carbonyl (C=O) groups is 4. The predicted molar refractivity (Wildman–Crippen MR) is 391 cm³/mol. The lowest BCUT2D eigenvalue weighted by Crippen LogP contribution is -2.30. The molecular formula is C77H144O17P2. The molecule has 0 amide bonds. The van der Waals surface area contributed by atoms with Crippen molar-refractivity contribution in [2.75, 3.05) is 39.6 Å². The van der Waals surface area contributed by atoms with Gasteiger partial charge in [-0.05, 0) is 103 Å². The topological polar surface area (TPSA) is 237 Å². The van der Waals surface area contributed by atoms with Gasteiger partial charge in [0.2, 0.25) is 0 Å². The van der Waals surface area contributed by atoms with Gasteiger partial charge in [0.1, 0.15) is 19.3 Å². The van der Waals surface area contributed by atoms with Crippen LogP contribution in [0.15, 0.2) is 36.5 Å². The largest absolute Gasteiger partial charge is 0.472 e. The average Bonchev–Trinajstić information content (AvgIpc) is 1.17. The molecule has 0 rings (SSSR count). The van der Waals surface area contributed by atoms with E-state index in [1.807, 2.05) is 0 Å². The number of ether oxygens (including phenoxy) is 4. The van der Waals surface area contributed by atoms with Crippen molar-refractivity contribution in [1.82, 2.24) is 0 Å². The van der Waals surface area contributed by atoms with E-state index in [2.05, 4.69) is 64.2 Å². The molecule has 0 aromatic carbocycles. The van der Waals surface area contributed by atoms with Gasteiger partial charge in [-0.3, -0.25) is 37.3 Å². The zero-order valence-electron chi connectivity index (χ0n) is 61.6. The number of phosphoric ester groups is 2. The third kappa shape index (κ3) is 69.7. The minimum absolute atomic E-state index is 0.0897. The number of rotatable bonds is 75. The molecule has 5 atom stereocenters. The second kappa shape index (κ2) is 70.7. The van der Waals surface area contributed by atoms with E-state index < -0.39 is 97.5 Å². The van der Waals surface area contributed by atoms with Gasteiger partial charge >= 0.3 is 39.5 Å². The number of phosphoric acid groups is 2. The van der Waals surface area contributed by atoms with Gasteiger partial charge < -0.3 is 33.8 Å². The standard InChI is InChI=1S/C77H144O17P2/c1-5-9-13-17-21-25-29-33-35-39-42-46-50-54-58-62-75(80)88-68-73(94-77(82)64-60-56-52-48-44-40-36-34-30-26-22-18-14-10-6-2)70-92-96(85,86)90-66-71(78)65-89-95(83,84)91-69-72(93-76(81)63-59-55-51-47-43-38-32-28-24-20-16-12-8-4)67-87-74(79)61-57-53-49-45-41-37-31-27-23-19-15-11-7-3/h27,31,33-36,71-73,78H,5-26,28-30,32,37-70H2,1-4H3,(H,83,84)(H,85,86)/b31-27-,35-33-,36-34-. The highest BCUT2D eigenvalue weighted by Gasteiger charge is 2.30. The van der Waals surface area contributed by atoms with Gasteiger partial charge in [0, 0.05) is 25.7 Å². The Balaban J connectivity index is 5.31. The fourth-order valence-corrected chi connectivity index (χ4v) is 12.6. The number of esters is 4. The SMILES string of the molecule is CCCCCC/C=C\CCCCCCCC(=O)OCC(COP(=O)(O)OCC(O)COP(=O)(O)OCC(COC(=O)CCCCCCC/C=C\CCCCCCCC)OC(=O)CCCCCCC/C=C\CCCCCCCC)OC(=O)CCCCCCCCCCCCCCC. The molecule has 0 fully saturated rings. The summed E-state index contributed by atoms with van der Waals surface area (Å²) in [5, 5.41) is 10.6. The van der Waals surface area contributed by atoms with Crippen molar-refractivity contribution in [2.24, 2.45) is 0 Å². The molecule has 96 heavy (non-hydrogen) atoms. The fourth-order valence-electron chi connectivity index (χ4n) is 11.0. The molecule has 564 valence electrons. The van der Waals surface area contributed by atoms with Crippen molar-refractivity contribution in [3.63, 3.8) is 0 Å². The molecule has 3 N–H and O–H groups in total. The Morgan fingerprint density at radius 1 is 0.281 bits per heavy atom. The van der Waals surface area contributed by atoms with Gasteiger partial charge in [0.15, 0.2) is 12.2 Å². The Labute approximate surface area is 585 Å². The van der Waals surface area contributed by atoms with E-state index in [-0.39, 0.29) is 25.7 Å². The van der Waals surface area contributed by atoms with Crippen LogP contribution in [0.3, 0.4) is 0 Å². The molecule has 0 aliphatic carbocycles. The van der Waals surface area contributed by atoms with Crippen molar-refractivity contribution in [3.8, 4) is 0 Å². The highest BCUT2D eigenvalue weighted by molar-refractivity contribution is 7.47. The number of aliphatic hydroxyl groups is 1. The lowest BCUT2D eigenvalue weighted by atomic mass is 10.0. The minimum Gasteiger partial charge on any atom is -0.462 e. The number of allylic oxidation sites excluding steroid dienone is 6. The van der Waals surface area contributed by atoms with Crippen LogP contribution in [-0.4, -0.2) is 96.7 Å². The molecule has 0 saturated heterocycles. The first kappa shape index (κ1) is 93.3. The summed E-state index contributed by atoms with van der Waals surface area (Å²) < 4.78 is 68.5. The van der Waals surface area contributed by atoms with E-state index in [0.29, 0.717) is 25.7 Å². The number of aliphatic hydroxyl groups excluding tert-OH is 1. The smallest absolute Gasteiger partial charge is 0.462 e. The number of hydrogen-bond donors (Lipinski definition) is 3. The maximum Gasteiger partial charge on any atom is 0.472 e. The maximum absolute atomic E-state index is 13.1. The molecule has 0 radical (unpaired) electrons. The van der Waals surface area contributed by atoms with Crippen molar-refractivity contribution >= 4 is 39.5 Å². The molecular weight excluding hydrogens is 1260 g/mol. The van der Waals surface area contributed by atoms with Gasteiger partial charge in [0.05, 0.1) is 26.4 Å². The summed E-state index contributed by atoms with van der Waals surface area (Å²) >= 11 is 0. The summed E-state index contributed by atoms with van der Waals surface area (Å²) in [4.78, 5) is 72.8. The predicted octanol–water partition coefficient (Wildman–Crippen LogP) is 22.3. The minimum atomic E-state index is -4.97. The van der Waals surface area contributed by atoms with Crippen LogP contribution in [0.25, 0.3) is 0 Å². The van der Waals surface area contributed by atoms with Crippen LogP contribution >= 0.6 is 15.6 Å². The molecule has 0 saturated carbocycles. The third-order valence-electron chi connectivity index (χ3n) is 17.1. The van der Waals surface area contributed by atoms with Crippen LogP contribution in [0.1, 0.15) is 374 Å². The molecule has 0 heterocycles. The molecule has 5 unspecified atom stereocenters. The molecule has 0 aromatic rings. The summed E-state index contributed by atoms with van der Waals surface area (Å²) in [7, 11) is -9.93. The number of unbranched alkanes of at least 4 members (excludes halogenated alkanes) is 43. The van der Waals surface area contributed by atoms with Gasteiger partial charge in [-0.2, -0.15) is 0 Å². The highest BCUT2D eigenvalue weighted by atomic mass is 31.2. The monoisotopic (exact) mass is 1400 g/mol. The number of carbonyl (C=O) groups excluding carboxylic acids is 4. The van der Waals surface area contributed by atoms with E-state index in [0.717, 1.165) is 141 Å². The van der Waals surface area contributed by atoms with Crippen LogP contribution in [-0.2, 0) is 65.4 Å². The summed E-state index contributed by atoms with van der Waals surface area (Å²) in [6, 6.07) is 0. The van der Waals surface area contributed by atoms with Crippen LogP contribution in [0.2, 0.25) is 0 Å². The van der Waals surface area contributed by atoms with Gasteiger partial charge in [-0.15, -0.1) is 0 Å². The van der Waals surface area contributed by atoms with E-state index in [1.165, 1.54) is 154 Å². The van der Waals surface area contributed by atoms with E-state index in [1.54, 1.807) is 0 Å². The fraction of sp³-hybridized carbons (Fsp3) is 0.870. The second-order valence-corrected chi connectivity index (χ2v) is 29.6. The molecule has 17 nitrogen and oxygen atoms in total. The summed E-state index contributed by atoms with van der Waals surface area (Å²) in [5.41, 5.74) is 0. The van der Waals surface area contributed by atoms with Crippen LogP contribution in [0.4, 0.5) is 0 Å². The Hall–Kier alpha value is -2.72. The molecule has 19 heteroatoms. The van der Waals surface area contributed by atoms with Crippen molar-refractivity contribution in [3.05, 3.63) is 36.5 Å². The van der Waals surface area contributed by atoms with E-state index in [4.69, 9.17) is 37.0 Å². The Morgan fingerprint density at radius 3 is 0.729 bits per heavy atom. The first-order chi connectivity index (χ1) is 46.7. The van der Waals surface area contributed by atoms with Crippen LogP contribution < -0.4 is 0 Å². The van der Waals surface area contributed by atoms with Crippen molar-refractivity contribution < 1.29 is 80.2 Å². The quantitative estimate of drug-likeness (QED) is 0.0169. The lowest BCUT2D eigenvalue weighted by molar-refractivity contribution is -0.161. The summed E-state index contributed by atoms with van der Waals surface area (Å²) in [6.07, 6.45) is 65.5. The normalized spacial score (nSPS) is 14.1. The average molecular weight is 1400 g/mol. The van der Waals surface area contributed by atoms with Gasteiger partial charge in [-0.25, -0.2) is 9.13 Å². The second-order valence-electron chi connectivity index (χ2n) is 26.7. The van der Waals surface area contributed by atoms with Crippen LogP contribution in [0, 0.1) is 0 Å². The zero-order valence-corrected chi connectivity index (χ0v) is 63.4. The molecule has 0 aliphatic rings. The molecule has 0 spiro atoms. The summed E-state index contributed by atoms with van der Waals surface area (Å²) in [6.45, 7) is 4.90. The third-order valence-corrected chi connectivity index (χ3v) is 19.0. The first-order valence-electron chi connectivity index (χ1n) is 39.2. The van der Waals surface area contributed by atoms with Crippen molar-refractivity contribution in [2.45, 2.75) is 393 Å². The Kier molecular flexibility index (Phi) is 68.7. The van der Waals surface area contributed by atoms with Crippen LogP contribution in [0.5, 0.6) is 0 Å². The van der Waals surface area contributed by atoms with Gasteiger partial charge in [-0.1, -0.05) is 282 Å². The van der Waals surface area contributed by atoms with Crippen molar-refractivity contribution in [1.29, 1.82) is 0 Å². The summed E-state index contributed by atoms with van der Waals surface area (Å²) in [5.74, 6) is -2.16. The van der Waals surface area contributed by atoms with E-state index in [9.17, 15) is 43.2 Å². The zero-order chi connectivity index (χ0) is 70.4.